The fraction of sp³-hybridized carbons (Fsp3) is 0. The van der Waals surface area contributed by atoms with Crippen molar-refractivity contribution in [3.05, 3.63) is 152 Å². The Kier molecular flexibility index (Phi) is 5.92. The Bertz CT molecular complexity index is 2620. The number of aromatic nitrogens is 3. The average Bonchev–Trinajstić information content (AvgIpc) is 3.85. The summed E-state index contributed by atoms with van der Waals surface area (Å²) in [5, 5.41) is 6.99. The molecule has 0 radical (unpaired) electrons. The second-order valence-electron chi connectivity index (χ2n) is 11.8. The van der Waals surface area contributed by atoms with Gasteiger partial charge in [0.25, 0.3) is 0 Å². The van der Waals surface area contributed by atoms with Gasteiger partial charge in [-0.1, -0.05) is 78.9 Å². The summed E-state index contributed by atoms with van der Waals surface area (Å²) in [5.74, 6) is 0. The number of thiazole rings is 2. The van der Waals surface area contributed by atoms with Crippen LogP contribution in [0.4, 0.5) is 0 Å². The molecule has 0 saturated heterocycles. The third-order valence-electron chi connectivity index (χ3n) is 9.05. The minimum Gasteiger partial charge on any atom is -0.309 e. The van der Waals surface area contributed by atoms with Crippen molar-refractivity contribution in [3.63, 3.8) is 0 Å². The van der Waals surface area contributed by atoms with E-state index in [1.807, 2.05) is 0 Å². The molecule has 0 aliphatic heterocycles. The molecule has 0 aliphatic carbocycles. The number of hydrogen-bond donors (Lipinski definition) is 0. The van der Waals surface area contributed by atoms with Gasteiger partial charge in [0.1, 0.15) is 10.0 Å². The Labute approximate surface area is 278 Å². The Hall–Kier alpha value is -5.62. The molecule has 0 saturated carbocycles. The Morgan fingerprint density at radius 2 is 1.00 bits per heavy atom. The fourth-order valence-corrected chi connectivity index (χ4v) is 8.77. The second kappa shape index (κ2) is 10.5. The van der Waals surface area contributed by atoms with Crippen LogP contribution in [0.3, 0.4) is 0 Å². The molecule has 5 heteroatoms. The van der Waals surface area contributed by atoms with Gasteiger partial charge in [0.05, 0.1) is 31.5 Å². The normalized spacial score (nSPS) is 11.8. The van der Waals surface area contributed by atoms with E-state index in [0.29, 0.717) is 0 Å². The highest BCUT2D eigenvalue weighted by Gasteiger charge is 2.17. The maximum Gasteiger partial charge on any atom is 0.124 e. The maximum absolute atomic E-state index is 5.00. The second-order valence-corrected chi connectivity index (χ2v) is 13.9. The van der Waals surface area contributed by atoms with Crippen LogP contribution in [0.2, 0.25) is 0 Å². The van der Waals surface area contributed by atoms with Gasteiger partial charge in [-0.3, -0.25) is 0 Å². The molecule has 0 spiro atoms. The third-order valence-corrected chi connectivity index (χ3v) is 11.2. The van der Waals surface area contributed by atoms with Gasteiger partial charge >= 0.3 is 0 Å². The van der Waals surface area contributed by atoms with Gasteiger partial charge in [0, 0.05) is 27.6 Å². The van der Waals surface area contributed by atoms with Crippen LogP contribution < -0.4 is 0 Å². The van der Waals surface area contributed by atoms with Crippen molar-refractivity contribution in [1.29, 1.82) is 0 Å². The predicted molar refractivity (Wildman–Crippen MR) is 201 cm³/mol. The average molecular weight is 636 g/mol. The van der Waals surface area contributed by atoms with Crippen molar-refractivity contribution >= 4 is 75.7 Å². The molecule has 0 bridgehead atoms. The standard InChI is InChI=1S/C42H25N3S2/c1-2-13-31-26(9-1)10-8-14-32(31)27-11-7-12-30(23-27)45-37-21-19-28(41-43-35-15-3-5-17-39(35)46-41)24-33(37)34-25-29(20-22-38(34)45)42-44-36-16-4-6-18-40(36)47-42/h1-25H. The maximum atomic E-state index is 5.00. The van der Waals surface area contributed by atoms with Crippen molar-refractivity contribution < 1.29 is 0 Å². The van der Waals surface area contributed by atoms with Crippen LogP contribution in [0.15, 0.2) is 152 Å². The first-order valence-corrected chi connectivity index (χ1v) is 17.3. The number of hydrogen-bond acceptors (Lipinski definition) is 4. The van der Waals surface area contributed by atoms with Gasteiger partial charge in [-0.05, 0) is 94.7 Å². The van der Waals surface area contributed by atoms with E-state index in [2.05, 4.69) is 156 Å². The van der Waals surface area contributed by atoms with Crippen molar-refractivity contribution in [2.45, 2.75) is 0 Å². The number of rotatable bonds is 4. The van der Waals surface area contributed by atoms with E-state index in [1.165, 1.54) is 53.1 Å². The quantitative estimate of drug-likeness (QED) is 0.193. The van der Waals surface area contributed by atoms with Crippen LogP contribution in [0.5, 0.6) is 0 Å². The van der Waals surface area contributed by atoms with Crippen molar-refractivity contribution in [2.75, 3.05) is 0 Å². The molecule has 0 fully saturated rings. The molecule has 0 N–H and O–H groups in total. The van der Waals surface area contributed by atoms with Crippen LogP contribution in [-0.4, -0.2) is 14.5 Å². The van der Waals surface area contributed by atoms with E-state index >= 15 is 0 Å². The minimum atomic E-state index is 1.04. The number of fused-ring (bicyclic) bond motifs is 6. The molecule has 7 aromatic carbocycles. The van der Waals surface area contributed by atoms with E-state index in [9.17, 15) is 0 Å². The molecule has 0 unspecified atom stereocenters. The van der Waals surface area contributed by atoms with Crippen molar-refractivity contribution in [3.8, 4) is 38.0 Å². The van der Waals surface area contributed by atoms with E-state index < -0.39 is 0 Å². The minimum absolute atomic E-state index is 1.04. The van der Waals surface area contributed by atoms with Gasteiger partial charge in [-0.2, -0.15) is 0 Å². The number of benzene rings is 7. The molecule has 0 atom stereocenters. The van der Waals surface area contributed by atoms with E-state index in [1.54, 1.807) is 22.7 Å². The summed E-state index contributed by atoms with van der Waals surface area (Å²) < 4.78 is 4.81. The highest BCUT2D eigenvalue weighted by molar-refractivity contribution is 7.22. The van der Waals surface area contributed by atoms with Gasteiger partial charge in [0.2, 0.25) is 0 Å². The van der Waals surface area contributed by atoms with E-state index in [-0.39, 0.29) is 0 Å². The molecule has 0 aliphatic rings. The van der Waals surface area contributed by atoms with Crippen LogP contribution in [0.1, 0.15) is 0 Å². The molecule has 3 heterocycles. The predicted octanol–water partition coefficient (Wildman–Crippen LogP) is 12.2. The van der Waals surface area contributed by atoms with Crippen LogP contribution in [-0.2, 0) is 0 Å². The van der Waals surface area contributed by atoms with Crippen LogP contribution in [0.25, 0.3) is 91.0 Å². The Morgan fingerprint density at radius 1 is 0.426 bits per heavy atom. The molecule has 0 amide bonds. The Balaban J connectivity index is 1.21. The highest BCUT2D eigenvalue weighted by Crippen LogP contribution is 2.40. The first-order chi connectivity index (χ1) is 23.3. The van der Waals surface area contributed by atoms with E-state index in [0.717, 1.165) is 37.9 Å². The van der Waals surface area contributed by atoms with Gasteiger partial charge in [0.15, 0.2) is 0 Å². The summed E-state index contributed by atoms with van der Waals surface area (Å²) in [5.41, 5.74) is 10.3. The largest absolute Gasteiger partial charge is 0.309 e. The van der Waals surface area contributed by atoms with Crippen molar-refractivity contribution in [1.82, 2.24) is 14.5 Å². The lowest BCUT2D eigenvalue weighted by Gasteiger charge is -2.12. The molecule has 220 valence electrons. The third kappa shape index (κ3) is 4.32. The summed E-state index contributed by atoms with van der Waals surface area (Å²) in [4.78, 5) is 10.00. The zero-order chi connectivity index (χ0) is 30.9. The van der Waals surface area contributed by atoms with Crippen LogP contribution >= 0.6 is 22.7 Å². The van der Waals surface area contributed by atoms with Gasteiger partial charge in [-0.15, -0.1) is 22.7 Å². The molecule has 3 nitrogen and oxygen atoms in total. The van der Waals surface area contributed by atoms with E-state index in [4.69, 9.17) is 9.97 Å². The SMILES string of the molecule is c1cc(-c2cccc3ccccc23)cc(-n2c3ccc(-c4nc5ccccc5s4)cc3c3cc(-c4nc5ccccc5s4)ccc32)c1. The molecule has 3 aromatic heterocycles. The molecule has 10 aromatic rings. The lowest BCUT2D eigenvalue weighted by molar-refractivity contribution is 1.18. The van der Waals surface area contributed by atoms with Crippen LogP contribution in [0, 0.1) is 0 Å². The number of nitrogens with zero attached hydrogens (tertiary/aromatic N) is 3. The zero-order valence-corrected chi connectivity index (χ0v) is 26.7. The summed E-state index contributed by atoms with van der Waals surface area (Å²) >= 11 is 3.49. The Morgan fingerprint density at radius 3 is 1.66 bits per heavy atom. The topological polar surface area (TPSA) is 30.7 Å². The summed E-state index contributed by atoms with van der Waals surface area (Å²) in [6.07, 6.45) is 0. The molecule has 10 rings (SSSR count). The molecule has 47 heavy (non-hydrogen) atoms. The van der Waals surface area contributed by atoms with Crippen molar-refractivity contribution in [2.24, 2.45) is 0 Å². The lowest BCUT2D eigenvalue weighted by atomic mass is 9.98. The fourth-order valence-electron chi connectivity index (χ4n) is 6.85. The highest BCUT2D eigenvalue weighted by atomic mass is 32.1. The summed E-state index contributed by atoms with van der Waals surface area (Å²) in [6.45, 7) is 0. The summed E-state index contributed by atoms with van der Waals surface area (Å²) in [6, 6.07) is 54.5. The zero-order valence-electron chi connectivity index (χ0n) is 25.1. The molecular weight excluding hydrogens is 611 g/mol. The first-order valence-electron chi connectivity index (χ1n) is 15.7. The monoisotopic (exact) mass is 635 g/mol. The first kappa shape index (κ1) is 26.6. The molecular formula is C42H25N3S2. The summed E-state index contributed by atoms with van der Waals surface area (Å²) in [7, 11) is 0. The lowest BCUT2D eigenvalue weighted by Crippen LogP contribution is -1.94. The van der Waals surface area contributed by atoms with Gasteiger partial charge in [-0.25, -0.2) is 9.97 Å². The number of para-hydroxylation sites is 2. The smallest absolute Gasteiger partial charge is 0.124 e. The van der Waals surface area contributed by atoms with Gasteiger partial charge < -0.3 is 4.57 Å².